The molecule has 0 bridgehead atoms. The van der Waals surface area contributed by atoms with Gasteiger partial charge in [0.05, 0.1) is 0 Å². The van der Waals surface area contributed by atoms with Crippen molar-refractivity contribution in [3.05, 3.63) is 0 Å². The highest BCUT2D eigenvalue weighted by Gasteiger charge is 2.33. The van der Waals surface area contributed by atoms with Gasteiger partial charge in [0.15, 0.2) is 5.67 Å². The summed E-state index contributed by atoms with van der Waals surface area (Å²) in [5.74, 6) is 0. The Morgan fingerprint density at radius 3 is 2.50 bits per heavy atom. The molecule has 0 aromatic heterocycles. The molecule has 1 heterocycles. The van der Waals surface area contributed by atoms with Gasteiger partial charge < -0.3 is 4.90 Å². The molecule has 1 rings (SSSR count). The molecular formula is C9H15FN2. The van der Waals surface area contributed by atoms with E-state index in [0.29, 0.717) is 12.8 Å². The van der Waals surface area contributed by atoms with Crippen molar-refractivity contribution in [3.8, 4) is 6.07 Å². The molecular weight excluding hydrogens is 155 g/mol. The first-order valence-electron chi connectivity index (χ1n) is 4.53. The van der Waals surface area contributed by atoms with Gasteiger partial charge in [0.2, 0.25) is 0 Å². The summed E-state index contributed by atoms with van der Waals surface area (Å²) in [4.78, 5) is 2.22. The molecule has 0 atom stereocenters. The summed E-state index contributed by atoms with van der Waals surface area (Å²) in [7, 11) is 0. The Morgan fingerprint density at radius 1 is 1.50 bits per heavy atom. The fourth-order valence-electron chi connectivity index (χ4n) is 1.56. The number of rotatable bonds is 2. The van der Waals surface area contributed by atoms with Gasteiger partial charge in [-0.25, -0.2) is 4.39 Å². The zero-order chi connectivity index (χ0) is 9.03. The molecule has 1 aliphatic heterocycles. The summed E-state index contributed by atoms with van der Waals surface area (Å²) in [5.41, 5.74) is -1.54. The van der Waals surface area contributed by atoms with E-state index >= 15 is 0 Å². The topological polar surface area (TPSA) is 27.0 Å². The standard InChI is InChI=1S/C9H15FN2/c1-2-5-12-6-3-9(10,8-11)4-7-12/h2-7H2,1H3. The first kappa shape index (κ1) is 9.47. The summed E-state index contributed by atoms with van der Waals surface area (Å²) in [5, 5.41) is 8.52. The predicted molar refractivity (Wildman–Crippen MR) is 45.4 cm³/mol. The Bertz CT molecular complexity index is 177. The van der Waals surface area contributed by atoms with Crippen LogP contribution in [0.5, 0.6) is 0 Å². The van der Waals surface area contributed by atoms with Gasteiger partial charge >= 0.3 is 0 Å². The first-order chi connectivity index (χ1) is 5.70. The Labute approximate surface area is 73.0 Å². The highest BCUT2D eigenvalue weighted by molar-refractivity contribution is 5.03. The Morgan fingerprint density at radius 2 is 2.08 bits per heavy atom. The molecule has 0 aromatic rings. The molecule has 1 saturated heterocycles. The van der Waals surface area contributed by atoms with Crippen LogP contribution in [0.2, 0.25) is 0 Å². The van der Waals surface area contributed by atoms with Crippen molar-refractivity contribution in [1.82, 2.24) is 4.90 Å². The van der Waals surface area contributed by atoms with Crippen molar-refractivity contribution >= 4 is 0 Å². The number of halogens is 1. The molecule has 0 aromatic carbocycles. The molecule has 3 heteroatoms. The molecule has 0 unspecified atom stereocenters. The second kappa shape index (κ2) is 3.86. The minimum atomic E-state index is -1.54. The smallest absolute Gasteiger partial charge is 0.198 e. The Hall–Kier alpha value is -0.620. The van der Waals surface area contributed by atoms with Crippen LogP contribution in [-0.4, -0.2) is 30.2 Å². The van der Waals surface area contributed by atoms with Crippen molar-refractivity contribution in [2.24, 2.45) is 0 Å². The van der Waals surface area contributed by atoms with Crippen molar-refractivity contribution in [1.29, 1.82) is 5.26 Å². The molecule has 68 valence electrons. The Balaban J connectivity index is 2.35. The van der Waals surface area contributed by atoms with Crippen LogP contribution in [-0.2, 0) is 0 Å². The monoisotopic (exact) mass is 170 g/mol. The lowest BCUT2D eigenvalue weighted by Crippen LogP contribution is -2.41. The number of alkyl halides is 1. The molecule has 12 heavy (non-hydrogen) atoms. The van der Waals surface area contributed by atoms with Crippen LogP contribution in [0.4, 0.5) is 4.39 Å². The van der Waals surface area contributed by atoms with Crippen molar-refractivity contribution in [2.45, 2.75) is 31.9 Å². The molecule has 2 nitrogen and oxygen atoms in total. The maximum atomic E-state index is 13.3. The highest BCUT2D eigenvalue weighted by atomic mass is 19.1. The van der Waals surface area contributed by atoms with E-state index in [1.165, 1.54) is 0 Å². The van der Waals surface area contributed by atoms with Gasteiger partial charge in [0.1, 0.15) is 6.07 Å². The lowest BCUT2D eigenvalue weighted by Gasteiger charge is -2.31. The van der Waals surface area contributed by atoms with E-state index in [1.807, 2.05) is 0 Å². The first-order valence-corrected chi connectivity index (χ1v) is 4.53. The van der Waals surface area contributed by atoms with E-state index in [2.05, 4.69) is 11.8 Å². The van der Waals surface area contributed by atoms with E-state index < -0.39 is 5.67 Å². The van der Waals surface area contributed by atoms with E-state index in [1.54, 1.807) is 6.07 Å². The fourth-order valence-corrected chi connectivity index (χ4v) is 1.56. The van der Waals surface area contributed by atoms with Crippen LogP contribution in [0.3, 0.4) is 0 Å². The highest BCUT2D eigenvalue weighted by Crippen LogP contribution is 2.25. The van der Waals surface area contributed by atoms with Gasteiger partial charge in [-0.05, 0) is 13.0 Å². The minimum Gasteiger partial charge on any atom is -0.303 e. The second-order valence-corrected chi connectivity index (χ2v) is 3.42. The summed E-state index contributed by atoms with van der Waals surface area (Å²) >= 11 is 0. The summed E-state index contributed by atoms with van der Waals surface area (Å²) in [6.07, 6.45) is 1.86. The summed E-state index contributed by atoms with van der Waals surface area (Å²) in [6.45, 7) is 4.61. The van der Waals surface area contributed by atoms with Crippen LogP contribution in [0.1, 0.15) is 26.2 Å². The van der Waals surface area contributed by atoms with Crippen LogP contribution in [0.15, 0.2) is 0 Å². The third-order valence-electron chi connectivity index (χ3n) is 2.39. The number of hydrogen-bond donors (Lipinski definition) is 0. The average molecular weight is 170 g/mol. The second-order valence-electron chi connectivity index (χ2n) is 3.42. The minimum absolute atomic E-state index is 0.378. The molecule has 0 amide bonds. The maximum absolute atomic E-state index is 13.3. The van der Waals surface area contributed by atoms with Gasteiger partial charge in [-0.15, -0.1) is 0 Å². The number of piperidine rings is 1. The molecule has 0 radical (unpaired) electrons. The van der Waals surface area contributed by atoms with E-state index in [-0.39, 0.29) is 0 Å². The Kier molecular flexibility index (Phi) is 3.05. The SMILES string of the molecule is CCCN1CCC(F)(C#N)CC1. The number of likely N-dealkylation sites (tertiary alicyclic amines) is 1. The van der Waals surface area contributed by atoms with E-state index in [0.717, 1.165) is 26.1 Å². The van der Waals surface area contributed by atoms with Gasteiger partial charge in [-0.3, -0.25) is 0 Å². The lowest BCUT2D eigenvalue weighted by molar-refractivity contribution is 0.103. The molecule has 0 N–H and O–H groups in total. The van der Waals surface area contributed by atoms with E-state index in [9.17, 15) is 4.39 Å². The van der Waals surface area contributed by atoms with Crippen molar-refractivity contribution in [2.75, 3.05) is 19.6 Å². The van der Waals surface area contributed by atoms with Gasteiger partial charge in [0, 0.05) is 25.9 Å². The normalized spacial score (nSPS) is 23.4. The predicted octanol–water partition coefficient (Wildman–Crippen LogP) is 1.72. The third kappa shape index (κ3) is 2.18. The number of nitrogens with zero attached hydrogens (tertiary/aromatic N) is 2. The number of hydrogen-bond acceptors (Lipinski definition) is 2. The van der Waals surface area contributed by atoms with Gasteiger partial charge in [-0.1, -0.05) is 6.92 Å². The molecule has 0 spiro atoms. The van der Waals surface area contributed by atoms with Crippen LogP contribution < -0.4 is 0 Å². The summed E-state index contributed by atoms with van der Waals surface area (Å²) < 4.78 is 13.3. The van der Waals surface area contributed by atoms with Crippen LogP contribution in [0.25, 0.3) is 0 Å². The van der Waals surface area contributed by atoms with Crippen molar-refractivity contribution < 1.29 is 4.39 Å². The largest absolute Gasteiger partial charge is 0.303 e. The van der Waals surface area contributed by atoms with E-state index in [4.69, 9.17) is 5.26 Å². The molecule has 1 aliphatic rings. The van der Waals surface area contributed by atoms with Crippen LogP contribution in [0, 0.1) is 11.3 Å². The lowest BCUT2D eigenvalue weighted by atomic mass is 9.95. The average Bonchev–Trinajstić information content (AvgIpc) is 2.10. The fraction of sp³-hybridized carbons (Fsp3) is 0.889. The molecule has 0 aliphatic carbocycles. The van der Waals surface area contributed by atoms with Crippen molar-refractivity contribution in [3.63, 3.8) is 0 Å². The molecule has 0 saturated carbocycles. The quantitative estimate of drug-likeness (QED) is 0.631. The maximum Gasteiger partial charge on any atom is 0.198 e. The van der Waals surface area contributed by atoms with Gasteiger partial charge in [-0.2, -0.15) is 5.26 Å². The zero-order valence-electron chi connectivity index (χ0n) is 7.52. The third-order valence-corrected chi connectivity index (χ3v) is 2.39. The van der Waals surface area contributed by atoms with Crippen LogP contribution >= 0.6 is 0 Å². The zero-order valence-corrected chi connectivity index (χ0v) is 7.52. The molecule has 1 fully saturated rings. The number of nitriles is 1. The summed E-state index contributed by atoms with van der Waals surface area (Å²) in [6, 6.07) is 1.75. The van der Waals surface area contributed by atoms with Gasteiger partial charge in [0.25, 0.3) is 0 Å².